The fourth-order valence-corrected chi connectivity index (χ4v) is 1.89. The summed E-state index contributed by atoms with van der Waals surface area (Å²) in [5.74, 6) is 0.0423. The fourth-order valence-electron chi connectivity index (χ4n) is 1.89. The van der Waals surface area contributed by atoms with Crippen LogP contribution in [0.1, 0.15) is 44.6 Å². The minimum absolute atomic E-state index is 0.239. The highest BCUT2D eigenvalue weighted by molar-refractivity contribution is 5.78. The lowest BCUT2D eigenvalue weighted by atomic mass is 10.1. The number of nitrogens with one attached hydrogen (secondary N) is 1. The Hall–Kier alpha value is -2.04. The normalized spacial score (nSPS) is 10.0. The van der Waals surface area contributed by atoms with E-state index in [0.29, 0.717) is 12.8 Å². The number of unbranched alkanes of at least 4 members (excludes halogenated alkanes) is 2. The number of rotatable bonds is 8. The number of methoxy groups -OCH3 is 1. The van der Waals surface area contributed by atoms with Crippen molar-refractivity contribution in [2.45, 2.75) is 45.4 Å². The van der Waals surface area contributed by atoms with Crippen LogP contribution < -0.4 is 10.2 Å². The molecule has 1 aromatic rings. The second-order valence-corrected chi connectivity index (χ2v) is 4.77. The standard InChI is InChI=1S/C16H23NO4/c1-3-4-5-10-16(19)21-17-15(18)12-11-13-8-6-7-9-14(13)20-2/h6-9H,3-5,10-12H2,1-2H3,(H,17,18). The molecule has 1 amide bonds. The molecule has 0 aliphatic rings. The van der Waals surface area contributed by atoms with E-state index in [4.69, 9.17) is 9.57 Å². The van der Waals surface area contributed by atoms with E-state index in [9.17, 15) is 9.59 Å². The van der Waals surface area contributed by atoms with E-state index in [1.54, 1.807) is 7.11 Å². The van der Waals surface area contributed by atoms with Crippen LogP contribution in [0.25, 0.3) is 0 Å². The molecule has 5 heteroatoms. The van der Waals surface area contributed by atoms with Gasteiger partial charge in [0.2, 0.25) is 0 Å². The number of hydrogen-bond donors (Lipinski definition) is 1. The molecule has 0 fully saturated rings. The number of amides is 1. The second-order valence-electron chi connectivity index (χ2n) is 4.77. The van der Waals surface area contributed by atoms with Crippen LogP contribution >= 0.6 is 0 Å². The second kappa shape index (κ2) is 9.80. The van der Waals surface area contributed by atoms with Crippen molar-refractivity contribution in [3.63, 3.8) is 0 Å². The molecule has 0 saturated heterocycles. The Balaban J connectivity index is 2.26. The van der Waals surface area contributed by atoms with Crippen LogP contribution in [0.5, 0.6) is 5.75 Å². The molecule has 0 heterocycles. The lowest BCUT2D eigenvalue weighted by Gasteiger charge is -2.08. The summed E-state index contributed by atoms with van der Waals surface area (Å²) in [5.41, 5.74) is 3.14. The van der Waals surface area contributed by atoms with Crippen LogP contribution in [0.3, 0.4) is 0 Å². The number of aryl methyl sites for hydroxylation is 1. The summed E-state index contributed by atoms with van der Waals surface area (Å²) in [7, 11) is 1.59. The number of para-hydroxylation sites is 1. The quantitative estimate of drug-likeness (QED) is 0.591. The fraction of sp³-hybridized carbons (Fsp3) is 0.500. The Bertz CT molecular complexity index is 459. The van der Waals surface area contributed by atoms with Gasteiger partial charge in [0.1, 0.15) is 5.75 Å². The SMILES string of the molecule is CCCCCC(=O)ONC(=O)CCc1ccccc1OC. The first kappa shape index (κ1) is 17.0. The maximum Gasteiger partial charge on any atom is 0.332 e. The van der Waals surface area contributed by atoms with Crippen LogP contribution in [0.4, 0.5) is 0 Å². The predicted molar refractivity (Wildman–Crippen MR) is 79.7 cm³/mol. The molecule has 0 radical (unpaired) electrons. The highest BCUT2D eigenvalue weighted by Crippen LogP contribution is 2.18. The van der Waals surface area contributed by atoms with Gasteiger partial charge in [0.05, 0.1) is 7.11 Å². The van der Waals surface area contributed by atoms with Crippen molar-refractivity contribution < 1.29 is 19.2 Å². The van der Waals surface area contributed by atoms with Crippen molar-refractivity contribution in [2.75, 3.05) is 7.11 Å². The molecule has 0 atom stereocenters. The summed E-state index contributed by atoms with van der Waals surface area (Å²) in [6.45, 7) is 2.06. The molecule has 0 saturated carbocycles. The molecular formula is C16H23NO4. The van der Waals surface area contributed by atoms with Gasteiger partial charge in [0, 0.05) is 12.8 Å². The van der Waals surface area contributed by atoms with E-state index in [-0.39, 0.29) is 12.3 Å². The Morgan fingerprint density at radius 1 is 1.14 bits per heavy atom. The van der Waals surface area contributed by atoms with E-state index in [2.05, 4.69) is 12.4 Å². The van der Waals surface area contributed by atoms with Crippen molar-refractivity contribution in [3.05, 3.63) is 29.8 Å². The number of carbonyl (C=O) groups is 2. The highest BCUT2D eigenvalue weighted by atomic mass is 16.7. The lowest BCUT2D eigenvalue weighted by molar-refractivity contribution is -0.158. The minimum atomic E-state index is -0.394. The topological polar surface area (TPSA) is 64.6 Å². The van der Waals surface area contributed by atoms with Crippen molar-refractivity contribution in [1.29, 1.82) is 0 Å². The van der Waals surface area contributed by atoms with Crippen molar-refractivity contribution in [2.24, 2.45) is 0 Å². The summed E-state index contributed by atoms with van der Waals surface area (Å²) in [6.07, 6.45) is 3.91. The first-order valence-corrected chi connectivity index (χ1v) is 7.27. The van der Waals surface area contributed by atoms with E-state index < -0.39 is 5.97 Å². The summed E-state index contributed by atoms with van der Waals surface area (Å²) in [5, 5.41) is 0. The van der Waals surface area contributed by atoms with Gasteiger partial charge in [0.25, 0.3) is 5.91 Å². The zero-order chi connectivity index (χ0) is 15.5. The van der Waals surface area contributed by atoms with Crippen molar-refractivity contribution in [1.82, 2.24) is 5.48 Å². The first-order chi connectivity index (χ1) is 10.2. The molecular weight excluding hydrogens is 270 g/mol. The summed E-state index contributed by atoms with van der Waals surface area (Å²) in [4.78, 5) is 27.7. The van der Waals surface area contributed by atoms with E-state index >= 15 is 0 Å². The van der Waals surface area contributed by atoms with Gasteiger partial charge < -0.3 is 9.57 Å². The number of carbonyl (C=O) groups excluding carboxylic acids is 2. The number of benzene rings is 1. The van der Waals surface area contributed by atoms with Gasteiger partial charge in [-0.25, -0.2) is 4.79 Å². The van der Waals surface area contributed by atoms with Gasteiger partial charge in [-0.05, 0) is 24.5 Å². The van der Waals surface area contributed by atoms with Crippen LogP contribution in [0.2, 0.25) is 0 Å². The molecule has 5 nitrogen and oxygen atoms in total. The zero-order valence-corrected chi connectivity index (χ0v) is 12.7. The van der Waals surface area contributed by atoms with Gasteiger partial charge >= 0.3 is 5.97 Å². The van der Waals surface area contributed by atoms with Gasteiger partial charge in [-0.2, -0.15) is 5.48 Å². The molecule has 0 bridgehead atoms. The zero-order valence-electron chi connectivity index (χ0n) is 12.7. The summed E-state index contributed by atoms with van der Waals surface area (Å²) in [6, 6.07) is 7.52. The molecule has 116 valence electrons. The Labute approximate surface area is 125 Å². The number of hydroxylamine groups is 1. The van der Waals surface area contributed by atoms with E-state index in [0.717, 1.165) is 30.6 Å². The van der Waals surface area contributed by atoms with E-state index in [1.165, 1.54) is 0 Å². The van der Waals surface area contributed by atoms with Gasteiger partial charge in [0.15, 0.2) is 0 Å². The van der Waals surface area contributed by atoms with E-state index in [1.807, 2.05) is 24.3 Å². The average molecular weight is 293 g/mol. The third-order valence-electron chi connectivity index (χ3n) is 3.08. The lowest BCUT2D eigenvalue weighted by Crippen LogP contribution is -2.27. The molecule has 1 rings (SSSR count). The van der Waals surface area contributed by atoms with Crippen LogP contribution in [-0.2, 0) is 20.8 Å². The maximum atomic E-state index is 11.6. The molecule has 0 aliphatic carbocycles. The monoisotopic (exact) mass is 293 g/mol. The first-order valence-electron chi connectivity index (χ1n) is 7.27. The van der Waals surface area contributed by atoms with Gasteiger partial charge in [-0.3, -0.25) is 4.79 Å². The van der Waals surface area contributed by atoms with Gasteiger partial charge in [-0.15, -0.1) is 0 Å². The maximum absolute atomic E-state index is 11.6. The Morgan fingerprint density at radius 3 is 2.62 bits per heavy atom. The predicted octanol–water partition coefficient (Wildman–Crippen LogP) is 2.78. The third kappa shape index (κ3) is 6.79. The van der Waals surface area contributed by atoms with Crippen molar-refractivity contribution >= 4 is 11.9 Å². The highest BCUT2D eigenvalue weighted by Gasteiger charge is 2.08. The molecule has 1 aromatic carbocycles. The smallest absolute Gasteiger partial charge is 0.332 e. The average Bonchev–Trinajstić information content (AvgIpc) is 2.51. The van der Waals surface area contributed by atoms with Crippen LogP contribution in [0.15, 0.2) is 24.3 Å². The molecule has 21 heavy (non-hydrogen) atoms. The van der Waals surface area contributed by atoms with Crippen LogP contribution in [0, 0.1) is 0 Å². The largest absolute Gasteiger partial charge is 0.496 e. The summed E-state index contributed by atoms with van der Waals surface area (Å²) >= 11 is 0. The Morgan fingerprint density at radius 2 is 1.90 bits per heavy atom. The Kier molecular flexibility index (Phi) is 7.94. The summed E-state index contributed by atoms with van der Waals surface area (Å²) < 4.78 is 5.21. The molecule has 1 N–H and O–H groups in total. The van der Waals surface area contributed by atoms with Crippen LogP contribution in [-0.4, -0.2) is 19.0 Å². The molecule has 0 spiro atoms. The molecule has 0 aromatic heterocycles. The number of hydrogen-bond acceptors (Lipinski definition) is 4. The third-order valence-corrected chi connectivity index (χ3v) is 3.08. The van der Waals surface area contributed by atoms with Gasteiger partial charge in [-0.1, -0.05) is 38.0 Å². The van der Waals surface area contributed by atoms with Crippen molar-refractivity contribution in [3.8, 4) is 5.75 Å². The minimum Gasteiger partial charge on any atom is -0.496 e. The molecule has 0 aliphatic heterocycles. The molecule has 0 unspecified atom stereocenters. The number of ether oxygens (including phenoxy) is 1.